The monoisotopic (exact) mass is 102 g/mol. The summed E-state index contributed by atoms with van der Waals surface area (Å²) in [6.45, 7) is 1.99. The summed E-state index contributed by atoms with van der Waals surface area (Å²) < 4.78 is 0. The summed E-state index contributed by atoms with van der Waals surface area (Å²) in [7, 11) is 0. The zero-order valence-electron chi connectivity index (χ0n) is 2.15. The van der Waals surface area contributed by atoms with Gasteiger partial charge in [0.25, 0.3) is 0 Å². The Hall–Kier alpha value is 1.99. The van der Waals surface area contributed by atoms with Crippen LogP contribution < -0.4 is 0 Å². The zero-order valence-corrected chi connectivity index (χ0v) is 3.05. The van der Waals surface area contributed by atoms with Crippen LogP contribution in [0.4, 0.5) is 0 Å². The predicted octanol–water partition coefficient (Wildman–Crippen LogP) is 0.288. The Morgan fingerprint density at radius 2 is 1.75 bits per heavy atom. The first kappa shape index (κ1) is 9.37. The van der Waals surface area contributed by atoms with Gasteiger partial charge in [0.1, 0.15) is 0 Å². The second-order valence-corrected chi connectivity index (χ2v) is 0.949. The Bertz CT molecular complexity index is 6.00. The summed E-state index contributed by atoms with van der Waals surface area (Å²) in [6, 6.07) is 0. The van der Waals surface area contributed by atoms with Crippen molar-refractivity contribution in [3.05, 3.63) is 0 Å². The third-order valence-corrected chi connectivity index (χ3v) is 0. The van der Waals surface area contributed by atoms with Crippen molar-refractivity contribution in [1.29, 1.82) is 0 Å². The normalized spacial score (nSPS) is 4.50. The van der Waals surface area contributed by atoms with Gasteiger partial charge in [0, 0.05) is 0 Å². The van der Waals surface area contributed by atoms with Crippen molar-refractivity contribution in [3.63, 3.8) is 0 Å². The summed E-state index contributed by atoms with van der Waals surface area (Å²) in [6.07, 6.45) is 0. The third kappa shape index (κ3) is 9.01. The van der Waals surface area contributed by atoms with Crippen LogP contribution in [-0.2, 0) is 0 Å². The van der Waals surface area contributed by atoms with Crippen LogP contribution in [0.25, 0.3) is 0 Å². The van der Waals surface area contributed by atoms with Crippen LogP contribution in [0, 0.1) is 0 Å². The molecule has 0 atom stereocenters. The van der Waals surface area contributed by atoms with Crippen LogP contribution in [0.3, 0.4) is 0 Å². The maximum absolute atomic E-state index is 3.79. The molecule has 0 aromatic heterocycles. The van der Waals surface area contributed by atoms with Gasteiger partial charge in [-0.25, -0.2) is 0 Å². The minimum atomic E-state index is 0. The molecule has 0 aromatic rings. The standard InChI is InChI=1S/C2H6S.K.H/c1-2-3;;/h3H,2H2,1H3;;. The van der Waals surface area contributed by atoms with E-state index in [1.54, 1.807) is 0 Å². The minimum absolute atomic E-state index is 0. The summed E-state index contributed by atoms with van der Waals surface area (Å²) in [5, 5.41) is 0. The molecule has 0 aliphatic carbocycles. The van der Waals surface area contributed by atoms with Gasteiger partial charge in [0.05, 0.1) is 0 Å². The molecule has 0 spiro atoms. The quantitative estimate of drug-likeness (QED) is 0.330. The first-order valence-electron chi connectivity index (χ1n) is 1.02. The fourth-order valence-corrected chi connectivity index (χ4v) is 0. The molecule has 0 bridgehead atoms. The van der Waals surface area contributed by atoms with Gasteiger partial charge in [0.2, 0.25) is 0 Å². The molecule has 0 nitrogen and oxygen atoms in total. The molecule has 0 unspecified atom stereocenters. The molecule has 22 valence electrons. The molecule has 2 heteroatoms. The van der Waals surface area contributed by atoms with Gasteiger partial charge in [-0.2, -0.15) is 12.6 Å². The second-order valence-electron chi connectivity index (χ2n) is 0.316. The molecule has 0 saturated heterocycles. The first-order valence-corrected chi connectivity index (χ1v) is 1.66. The van der Waals surface area contributed by atoms with Crippen LogP contribution in [-0.4, -0.2) is 57.1 Å². The summed E-state index contributed by atoms with van der Waals surface area (Å²) in [5.74, 6) is 0.944. The summed E-state index contributed by atoms with van der Waals surface area (Å²) in [4.78, 5) is 0. The van der Waals surface area contributed by atoms with Crippen molar-refractivity contribution in [3.8, 4) is 0 Å². The molecule has 0 aromatic carbocycles. The van der Waals surface area contributed by atoms with E-state index in [0.717, 1.165) is 5.75 Å². The van der Waals surface area contributed by atoms with Crippen molar-refractivity contribution in [2.24, 2.45) is 0 Å². The van der Waals surface area contributed by atoms with Gasteiger partial charge in [-0.15, -0.1) is 0 Å². The van der Waals surface area contributed by atoms with E-state index in [1.807, 2.05) is 6.92 Å². The molecular weight excluding hydrogens is 95.2 g/mol. The maximum atomic E-state index is 3.79. The van der Waals surface area contributed by atoms with Crippen LogP contribution in [0.2, 0.25) is 0 Å². The molecule has 0 aliphatic rings. The van der Waals surface area contributed by atoms with Crippen molar-refractivity contribution in [2.75, 3.05) is 5.75 Å². The molecule has 0 amide bonds. The molecule has 0 fully saturated rings. The summed E-state index contributed by atoms with van der Waals surface area (Å²) >= 11 is 3.79. The van der Waals surface area contributed by atoms with Gasteiger partial charge < -0.3 is 0 Å². The fourth-order valence-electron chi connectivity index (χ4n) is 0. The number of hydrogen-bond acceptors (Lipinski definition) is 1. The third-order valence-electron chi connectivity index (χ3n) is 0. The van der Waals surface area contributed by atoms with Gasteiger partial charge in [0.15, 0.2) is 0 Å². The van der Waals surface area contributed by atoms with E-state index < -0.39 is 0 Å². The van der Waals surface area contributed by atoms with Crippen LogP contribution in [0.15, 0.2) is 0 Å². The molecule has 0 aliphatic heterocycles. The van der Waals surface area contributed by atoms with Crippen LogP contribution in [0.1, 0.15) is 6.92 Å². The van der Waals surface area contributed by atoms with Crippen LogP contribution in [0.5, 0.6) is 0 Å². The van der Waals surface area contributed by atoms with Crippen LogP contribution >= 0.6 is 12.6 Å². The van der Waals surface area contributed by atoms with E-state index in [2.05, 4.69) is 12.6 Å². The average molecular weight is 102 g/mol. The number of rotatable bonds is 0. The SMILES string of the molecule is CCS.[KH]. The fraction of sp³-hybridized carbons (Fsp3) is 1.00. The average Bonchev–Trinajstić information content (AvgIpc) is 0.918. The molecular formula is C2H7KS. The molecule has 0 N–H and O–H groups in total. The van der Waals surface area contributed by atoms with Gasteiger partial charge in [-0.1, -0.05) is 6.92 Å². The molecule has 0 rings (SSSR count). The van der Waals surface area contributed by atoms with E-state index in [-0.39, 0.29) is 51.4 Å². The van der Waals surface area contributed by atoms with E-state index in [4.69, 9.17) is 0 Å². The Labute approximate surface area is 75.2 Å². The zero-order chi connectivity index (χ0) is 2.71. The molecule has 0 radical (unpaired) electrons. The topological polar surface area (TPSA) is 0 Å². The van der Waals surface area contributed by atoms with Crippen molar-refractivity contribution in [1.82, 2.24) is 0 Å². The predicted molar refractivity (Wildman–Crippen MR) is 26.7 cm³/mol. The second kappa shape index (κ2) is 8.88. The van der Waals surface area contributed by atoms with Crippen molar-refractivity contribution < 1.29 is 0 Å². The van der Waals surface area contributed by atoms with Crippen molar-refractivity contribution in [2.45, 2.75) is 6.92 Å². The molecule has 0 saturated carbocycles. The van der Waals surface area contributed by atoms with Gasteiger partial charge in [-0.3, -0.25) is 0 Å². The van der Waals surface area contributed by atoms with E-state index in [9.17, 15) is 0 Å². The van der Waals surface area contributed by atoms with E-state index in [1.165, 1.54) is 0 Å². The van der Waals surface area contributed by atoms with Crippen molar-refractivity contribution >= 4 is 64.0 Å². The molecule has 4 heavy (non-hydrogen) atoms. The number of thiol groups is 1. The van der Waals surface area contributed by atoms with Gasteiger partial charge >= 0.3 is 51.4 Å². The van der Waals surface area contributed by atoms with E-state index >= 15 is 0 Å². The first-order chi connectivity index (χ1) is 1.41. The molecule has 0 heterocycles. The number of hydrogen-bond donors (Lipinski definition) is 1. The van der Waals surface area contributed by atoms with E-state index in [0.29, 0.717) is 0 Å². The van der Waals surface area contributed by atoms with Gasteiger partial charge in [-0.05, 0) is 5.75 Å². The Kier molecular flexibility index (Phi) is 20.8. The summed E-state index contributed by atoms with van der Waals surface area (Å²) in [5.41, 5.74) is 0. The Morgan fingerprint density at radius 3 is 1.75 bits per heavy atom. The Morgan fingerprint density at radius 1 is 1.75 bits per heavy atom. The Balaban J connectivity index is 0.